The van der Waals surface area contributed by atoms with Crippen molar-refractivity contribution >= 4 is 40.8 Å². The van der Waals surface area contributed by atoms with Gasteiger partial charge < -0.3 is 10.0 Å². The van der Waals surface area contributed by atoms with Crippen molar-refractivity contribution < 1.29 is 13.9 Å². The number of piperidine rings is 1. The Balaban J connectivity index is 1.76. The van der Waals surface area contributed by atoms with Gasteiger partial charge in [-0.1, -0.05) is 23.2 Å². The summed E-state index contributed by atoms with van der Waals surface area (Å²) >= 11 is 13.9. The molecule has 0 spiro atoms. The lowest BCUT2D eigenvalue weighted by Crippen LogP contribution is -2.36. The minimum atomic E-state index is -0.596. The normalized spacial score (nSPS) is 15.8. The van der Waals surface area contributed by atoms with Crippen LogP contribution in [-0.4, -0.2) is 29.3 Å². The molecule has 1 aromatic heterocycles. The number of thioether (sulfide) groups is 1. The number of benzene rings is 2. The van der Waals surface area contributed by atoms with Crippen LogP contribution in [0.25, 0.3) is 0 Å². The zero-order valence-corrected chi connectivity index (χ0v) is 18.8. The molecule has 1 aliphatic rings. The maximum atomic E-state index is 14.8. The number of aliphatic hydroxyl groups is 1. The maximum Gasteiger partial charge on any atom is 0.128 e. The summed E-state index contributed by atoms with van der Waals surface area (Å²) in [6, 6.07) is 12.4. The van der Waals surface area contributed by atoms with E-state index in [1.807, 2.05) is 18.2 Å². The third-order valence-electron chi connectivity index (χ3n) is 5.25. The summed E-state index contributed by atoms with van der Waals surface area (Å²) in [5.41, 5.74) is 0.843. The highest BCUT2D eigenvalue weighted by Crippen LogP contribution is 2.45. The number of aromatic nitrogens is 1. The summed E-state index contributed by atoms with van der Waals surface area (Å²) in [6.07, 6.45) is 2.55. The summed E-state index contributed by atoms with van der Waals surface area (Å²) in [5.74, 6) is -0.332. The van der Waals surface area contributed by atoms with Gasteiger partial charge in [0.1, 0.15) is 17.5 Å². The van der Waals surface area contributed by atoms with Crippen molar-refractivity contribution in [1.82, 2.24) is 4.98 Å². The predicted molar refractivity (Wildman–Crippen MR) is 122 cm³/mol. The average Bonchev–Trinajstić information content (AvgIpc) is 2.76. The van der Waals surface area contributed by atoms with Gasteiger partial charge in [-0.15, -0.1) is 11.8 Å². The van der Waals surface area contributed by atoms with Crippen molar-refractivity contribution in [2.75, 3.05) is 18.0 Å². The standard InChI is InChI=1S/C23H20Cl2F2N2OS/c24-14-1-4-17(5-2-14)31-23(19-11-15(26)3-6-21(19)27)18-12-22(28-13-20(18)25)29-9-7-16(30)8-10-29/h1-6,11-13,16,23,30H,7-10H2. The van der Waals surface area contributed by atoms with Gasteiger partial charge in [-0.25, -0.2) is 13.8 Å². The fraction of sp³-hybridized carbons (Fsp3) is 0.261. The van der Waals surface area contributed by atoms with E-state index in [0.717, 1.165) is 17.0 Å². The highest BCUT2D eigenvalue weighted by molar-refractivity contribution is 7.99. The van der Waals surface area contributed by atoms with E-state index in [9.17, 15) is 13.9 Å². The van der Waals surface area contributed by atoms with Crippen LogP contribution in [0.2, 0.25) is 10.0 Å². The summed E-state index contributed by atoms with van der Waals surface area (Å²) < 4.78 is 28.9. The second-order valence-electron chi connectivity index (χ2n) is 7.40. The number of halogens is 4. The van der Waals surface area contributed by atoms with E-state index in [2.05, 4.69) is 9.88 Å². The van der Waals surface area contributed by atoms with Gasteiger partial charge in [-0.05, 0) is 66.9 Å². The molecule has 1 unspecified atom stereocenters. The van der Waals surface area contributed by atoms with E-state index >= 15 is 0 Å². The molecule has 2 heterocycles. The Morgan fingerprint density at radius 2 is 1.71 bits per heavy atom. The number of rotatable bonds is 5. The number of anilines is 1. The molecule has 1 aliphatic heterocycles. The molecule has 4 rings (SSSR count). The topological polar surface area (TPSA) is 36.4 Å². The summed E-state index contributed by atoms with van der Waals surface area (Å²) in [5, 5.41) is 10.2. The monoisotopic (exact) mass is 480 g/mol. The lowest BCUT2D eigenvalue weighted by atomic mass is 10.0. The number of hydrogen-bond donors (Lipinski definition) is 1. The highest BCUT2D eigenvalue weighted by atomic mass is 35.5. The highest BCUT2D eigenvalue weighted by Gasteiger charge is 2.25. The SMILES string of the molecule is OC1CCN(c2cc(C(Sc3ccc(Cl)cc3)c3cc(F)ccc3F)c(Cl)cn2)CC1. The Bertz CT molecular complexity index is 1060. The number of aliphatic hydroxyl groups excluding tert-OH is 1. The molecule has 1 saturated heterocycles. The molecule has 3 nitrogen and oxygen atoms in total. The molecule has 3 aromatic rings. The minimum Gasteiger partial charge on any atom is -0.393 e. The smallest absolute Gasteiger partial charge is 0.128 e. The first kappa shape index (κ1) is 22.3. The van der Waals surface area contributed by atoms with Gasteiger partial charge in [-0.2, -0.15) is 0 Å². The van der Waals surface area contributed by atoms with Gasteiger partial charge in [0.05, 0.1) is 16.4 Å². The van der Waals surface area contributed by atoms with Crippen molar-refractivity contribution in [1.29, 1.82) is 0 Å². The summed E-state index contributed by atoms with van der Waals surface area (Å²) in [4.78, 5) is 7.35. The van der Waals surface area contributed by atoms with Crippen LogP contribution in [0, 0.1) is 11.6 Å². The molecule has 2 aromatic carbocycles. The zero-order chi connectivity index (χ0) is 22.0. The number of pyridine rings is 1. The molecule has 1 fully saturated rings. The van der Waals surface area contributed by atoms with E-state index in [-0.39, 0.29) is 11.7 Å². The van der Waals surface area contributed by atoms with E-state index in [0.29, 0.717) is 47.4 Å². The lowest BCUT2D eigenvalue weighted by Gasteiger charge is -2.31. The van der Waals surface area contributed by atoms with Crippen LogP contribution in [0.1, 0.15) is 29.2 Å². The third-order valence-corrected chi connectivity index (χ3v) is 7.11. The molecule has 0 aliphatic carbocycles. The van der Waals surface area contributed by atoms with Crippen LogP contribution in [0.3, 0.4) is 0 Å². The molecule has 1 N–H and O–H groups in total. The van der Waals surface area contributed by atoms with Gasteiger partial charge in [0, 0.05) is 34.8 Å². The molecule has 0 amide bonds. The molecule has 8 heteroatoms. The fourth-order valence-corrected chi connectivity index (χ4v) is 5.17. The first-order valence-corrected chi connectivity index (χ1v) is 11.5. The van der Waals surface area contributed by atoms with E-state index < -0.39 is 16.9 Å². The van der Waals surface area contributed by atoms with Crippen LogP contribution in [-0.2, 0) is 0 Å². The molecular formula is C23H20Cl2F2N2OS. The fourth-order valence-electron chi connectivity index (χ4n) is 3.57. The van der Waals surface area contributed by atoms with Gasteiger partial charge in [-0.3, -0.25) is 0 Å². The van der Waals surface area contributed by atoms with Crippen LogP contribution in [0.15, 0.2) is 59.6 Å². The van der Waals surface area contributed by atoms with Crippen molar-refractivity contribution in [3.63, 3.8) is 0 Å². The zero-order valence-electron chi connectivity index (χ0n) is 16.4. The van der Waals surface area contributed by atoms with Crippen molar-refractivity contribution in [2.24, 2.45) is 0 Å². The first-order chi connectivity index (χ1) is 14.9. The van der Waals surface area contributed by atoms with Crippen LogP contribution < -0.4 is 4.90 Å². The summed E-state index contributed by atoms with van der Waals surface area (Å²) in [6.45, 7) is 1.33. The molecule has 0 bridgehead atoms. The second kappa shape index (κ2) is 9.74. The lowest BCUT2D eigenvalue weighted by molar-refractivity contribution is 0.145. The molecular weight excluding hydrogens is 461 g/mol. The van der Waals surface area contributed by atoms with E-state index in [1.165, 1.54) is 17.8 Å². The Kier molecular flexibility index (Phi) is 7.02. The minimum absolute atomic E-state index is 0.202. The molecule has 162 valence electrons. The molecule has 1 atom stereocenters. The van der Waals surface area contributed by atoms with Crippen molar-refractivity contribution in [3.05, 3.63) is 87.5 Å². The van der Waals surface area contributed by atoms with Crippen LogP contribution in [0.4, 0.5) is 14.6 Å². The molecule has 0 saturated carbocycles. The Morgan fingerprint density at radius 1 is 1.00 bits per heavy atom. The second-order valence-corrected chi connectivity index (χ2v) is 9.42. The number of nitrogens with zero attached hydrogens (tertiary/aromatic N) is 2. The first-order valence-electron chi connectivity index (χ1n) is 9.86. The van der Waals surface area contributed by atoms with E-state index in [4.69, 9.17) is 23.2 Å². The van der Waals surface area contributed by atoms with Crippen molar-refractivity contribution in [3.8, 4) is 0 Å². The molecule has 31 heavy (non-hydrogen) atoms. The van der Waals surface area contributed by atoms with Crippen molar-refractivity contribution in [2.45, 2.75) is 29.1 Å². The molecule has 0 radical (unpaired) electrons. The Morgan fingerprint density at radius 3 is 2.42 bits per heavy atom. The predicted octanol–water partition coefficient (Wildman–Crippen LogP) is 6.51. The Hall–Kier alpha value is -1.86. The van der Waals surface area contributed by atoms with Gasteiger partial charge in [0.15, 0.2) is 0 Å². The largest absolute Gasteiger partial charge is 0.393 e. The average molecular weight is 481 g/mol. The summed E-state index contributed by atoms with van der Waals surface area (Å²) in [7, 11) is 0. The van der Waals surface area contributed by atoms with Gasteiger partial charge in [0.2, 0.25) is 0 Å². The maximum absolute atomic E-state index is 14.8. The van der Waals surface area contributed by atoms with Crippen LogP contribution in [0.5, 0.6) is 0 Å². The van der Waals surface area contributed by atoms with Gasteiger partial charge >= 0.3 is 0 Å². The van der Waals surface area contributed by atoms with Gasteiger partial charge in [0.25, 0.3) is 0 Å². The Labute approximate surface area is 194 Å². The van der Waals surface area contributed by atoms with Crippen LogP contribution >= 0.6 is 35.0 Å². The number of hydrogen-bond acceptors (Lipinski definition) is 4. The third kappa shape index (κ3) is 5.32. The van der Waals surface area contributed by atoms with E-state index in [1.54, 1.807) is 18.3 Å². The quantitative estimate of drug-likeness (QED) is 0.422.